The highest BCUT2D eigenvalue weighted by atomic mass is 32.2. The molecule has 182 valence electrons. The van der Waals surface area contributed by atoms with E-state index in [0.29, 0.717) is 18.0 Å². The summed E-state index contributed by atoms with van der Waals surface area (Å²) in [7, 11) is -3.35. The monoisotopic (exact) mass is 483 g/mol. The van der Waals surface area contributed by atoms with E-state index in [0.717, 1.165) is 50.7 Å². The number of benzene rings is 2. The van der Waals surface area contributed by atoms with Crippen molar-refractivity contribution in [3.05, 3.63) is 84.2 Å². The minimum atomic E-state index is -3.35. The zero-order chi connectivity index (χ0) is 23.8. The Kier molecular flexibility index (Phi) is 8.26. The standard InChI is InChI=1S/C26H33N3O4S/c1-34(30,31)28-24-10-5-6-11-25(24)32-19-7-16-29-17-13-23(14-18-29)33-26(22-12-15-27-20-22)21-8-3-2-4-9-21/h2-6,8-12,15,20,23,26-28H,7,13-14,16-19H2,1H3. The van der Waals surface area contributed by atoms with E-state index >= 15 is 0 Å². The molecule has 0 radical (unpaired) electrons. The summed E-state index contributed by atoms with van der Waals surface area (Å²) in [5.41, 5.74) is 2.79. The van der Waals surface area contributed by atoms with Gasteiger partial charge < -0.3 is 19.4 Å². The summed E-state index contributed by atoms with van der Waals surface area (Å²) >= 11 is 0. The molecule has 0 saturated carbocycles. The summed E-state index contributed by atoms with van der Waals surface area (Å²) in [5, 5.41) is 0. The van der Waals surface area contributed by atoms with Gasteiger partial charge in [0.1, 0.15) is 11.9 Å². The molecule has 1 aliphatic rings. The Labute approximate surface area is 202 Å². The van der Waals surface area contributed by atoms with Crippen LogP contribution in [0.3, 0.4) is 0 Å². The Balaban J connectivity index is 1.22. The number of hydrogen-bond donors (Lipinski definition) is 2. The first-order valence-corrected chi connectivity index (χ1v) is 13.6. The van der Waals surface area contributed by atoms with Crippen molar-refractivity contribution in [1.29, 1.82) is 0 Å². The molecule has 2 N–H and O–H groups in total. The Hall–Kier alpha value is -2.81. The van der Waals surface area contributed by atoms with Crippen molar-refractivity contribution in [2.24, 2.45) is 0 Å². The van der Waals surface area contributed by atoms with Gasteiger partial charge in [0.2, 0.25) is 10.0 Å². The van der Waals surface area contributed by atoms with Crippen LogP contribution in [-0.4, -0.2) is 56.9 Å². The molecule has 1 saturated heterocycles. The van der Waals surface area contributed by atoms with Crippen LogP contribution in [0.4, 0.5) is 5.69 Å². The zero-order valence-electron chi connectivity index (χ0n) is 19.5. The Morgan fingerprint density at radius 3 is 2.47 bits per heavy atom. The topological polar surface area (TPSA) is 83.7 Å². The Bertz CT molecular complexity index is 1110. The third kappa shape index (κ3) is 7.09. The SMILES string of the molecule is CS(=O)(=O)Nc1ccccc1OCCCN1CCC(OC(c2ccccc2)c2cc[nH]c2)CC1. The molecule has 1 unspecified atom stereocenters. The Morgan fingerprint density at radius 2 is 1.76 bits per heavy atom. The van der Waals surface area contributed by atoms with Crippen molar-refractivity contribution < 1.29 is 17.9 Å². The highest BCUT2D eigenvalue weighted by Crippen LogP contribution is 2.30. The number of ether oxygens (including phenoxy) is 2. The van der Waals surface area contributed by atoms with E-state index in [1.165, 1.54) is 5.56 Å². The van der Waals surface area contributed by atoms with Crippen LogP contribution in [0.15, 0.2) is 73.1 Å². The summed E-state index contributed by atoms with van der Waals surface area (Å²) in [6, 6.07) is 19.6. The van der Waals surface area contributed by atoms with Crippen LogP contribution in [0.5, 0.6) is 5.75 Å². The quantitative estimate of drug-likeness (QED) is 0.394. The normalized spacial score (nSPS) is 16.3. The van der Waals surface area contributed by atoms with Gasteiger partial charge in [-0.05, 0) is 43.0 Å². The van der Waals surface area contributed by atoms with Crippen molar-refractivity contribution in [3.8, 4) is 5.75 Å². The highest BCUT2D eigenvalue weighted by molar-refractivity contribution is 7.92. The fourth-order valence-corrected chi connectivity index (χ4v) is 4.85. The number of sulfonamides is 1. The number of hydrogen-bond acceptors (Lipinski definition) is 5. The third-order valence-electron chi connectivity index (χ3n) is 5.95. The summed E-state index contributed by atoms with van der Waals surface area (Å²) < 4.78 is 38.0. The molecular formula is C26H33N3O4S. The molecule has 2 heterocycles. The van der Waals surface area contributed by atoms with Crippen LogP contribution in [0.1, 0.15) is 36.5 Å². The van der Waals surface area contributed by atoms with Gasteiger partial charge in [-0.3, -0.25) is 4.72 Å². The number of aromatic amines is 1. The number of nitrogens with zero attached hydrogens (tertiary/aromatic N) is 1. The van der Waals surface area contributed by atoms with Gasteiger partial charge in [-0.1, -0.05) is 42.5 Å². The lowest BCUT2D eigenvalue weighted by Gasteiger charge is -2.34. The maximum absolute atomic E-state index is 11.5. The number of nitrogens with one attached hydrogen (secondary N) is 2. The minimum Gasteiger partial charge on any atom is -0.491 e. The van der Waals surface area contributed by atoms with Gasteiger partial charge in [0.25, 0.3) is 0 Å². The first-order chi connectivity index (χ1) is 16.5. The van der Waals surface area contributed by atoms with Crippen LogP contribution in [0.2, 0.25) is 0 Å². The predicted molar refractivity (Wildman–Crippen MR) is 135 cm³/mol. The summed E-state index contributed by atoms with van der Waals surface area (Å²) in [4.78, 5) is 5.59. The lowest BCUT2D eigenvalue weighted by atomic mass is 10.0. The zero-order valence-corrected chi connectivity index (χ0v) is 20.3. The van der Waals surface area contributed by atoms with Gasteiger partial charge in [-0.25, -0.2) is 8.42 Å². The second kappa shape index (κ2) is 11.6. The van der Waals surface area contributed by atoms with E-state index in [-0.39, 0.29) is 12.2 Å². The molecule has 2 aromatic carbocycles. The van der Waals surface area contributed by atoms with E-state index < -0.39 is 10.0 Å². The molecule has 1 aliphatic heterocycles. The van der Waals surface area contributed by atoms with Crippen LogP contribution < -0.4 is 9.46 Å². The summed E-state index contributed by atoms with van der Waals surface area (Å²) in [6.45, 7) is 3.45. The molecule has 0 aliphatic carbocycles. The van der Waals surface area contributed by atoms with Crippen molar-refractivity contribution in [2.45, 2.75) is 31.5 Å². The lowest BCUT2D eigenvalue weighted by Crippen LogP contribution is -2.38. The number of H-pyrrole nitrogens is 1. The number of piperidine rings is 1. The fraction of sp³-hybridized carbons (Fsp3) is 0.385. The molecule has 0 spiro atoms. The number of rotatable bonds is 11. The molecule has 34 heavy (non-hydrogen) atoms. The first kappa shape index (κ1) is 24.3. The molecular weight excluding hydrogens is 450 g/mol. The molecule has 0 amide bonds. The van der Waals surface area contributed by atoms with E-state index in [4.69, 9.17) is 9.47 Å². The van der Waals surface area contributed by atoms with Gasteiger partial charge in [-0.15, -0.1) is 0 Å². The molecule has 1 fully saturated rings. The van der Waals surface area contributed by atoms with Gasteiger partial charge in [-0.2, -0.15) is 0 Å². The Morgan fingerprint density at radius 1 is 1.03 bits per heavy atom. The van der Waals surface area contributed by atoms with Gasteiger partial charge >= 0.3 is 0 Å². The van der Waals surface area contributed by atoms with Crippen LogP contribution in [-0.2, 0) is 14.8 Å². The molecule has 0 bridgehead atoms. The van der Waals surface area contributed by atoms with Crippen LogP contribution >= 0.6 is 0 Å². The number of anilines is 1. The molecule has 3 aromatic rings. The second-order valence-corrected chi connectivity index (χ2v) is 10.4. The maximum atomic E-state index is 11.5. The summed E-state index contributed by atoms with van der Waals surface area (Å²) in [5.74, 6) is 0.553. The lowest BCUT2D eigenvalue weighted by molar-refractivity contribution is -0.0273. The molecule has 1 aromatic heterocycles. The molecule has 4 rings (SSSR count). The smallest absolute Gasteiger partial charge is 0.229 e. The van der Waals surface area contributed by atoms with Gasteiger partial charge in [0, 0.05) is 37.6 Å². The minimum absolute atomic E-state index is 0.0574. The second-order valence-electron chi connectivity index (χ2n) is 8.68. The van der Waals surface area contributed by atoms with Crippen molar-refractivity contribution in [2.75, 3.05) is 37.2 Å². The van der Waals surface area contributed by atoms with Crippen LogP contribution in [0, 0.1) is 0 Å². The van der Waals surface area contributed by atoms with E-state index in [1.54, 1.807) is 18.2 Å². The van der Waals surface area contributed by atoms with E-state index in [2.05, 4.69) is 44.9 Å². The summed E-state index contributed by atoms with van der Waals surface area (Å²) in [6.07, 6.45) is 8.11. The van der Waals surface area contributed by atoms with Crippen molar-refractivity contribution in [1.82, 2.24) is 9.88 Å². The maximum Gasteiger partial charge on any atom is 0.229 e. The molecule has 8 heteroatoms. The number of likely N-dealkylation sites (tertiary alicyclic amines) is 1. The third-order valence-corrected chi connectivity index (χ3v) is 6.54. The largest absolute Gasteiger partial charge is 0.491 e. The van der Waals surface area contributed by atoms with Gasteiger partial charge in [0.05, 0.1) is 24.7 Å². The first-order valence-electron chi connectivity index (χ1n) is 11.7. The van der Waals surface area contributed by atoms with E-state index in [9.17, 15) is 8.42 Å². The average molecular weight is 484 g/mol. The predicted octanol–water partition coefficient (Wildman–Crippen LogP) is 4.43. The van der Waals surface area contributed by atoms with Crippen LogP contribution in [0.25, 0.3) is 0 Å². The highest BCUT2D eigenvalue weighted by Gasteiger charge is 2.24. The number of para-hydroxylation sites is 2. The van der Waals surface area contributed by atoms with Gasteiger partial charge in [0.15, 0.2) is 0 Å². The van der Waals surface area contributed by atoms with Crippen molar-refractivity contribution >= 4 is 15.7 Å². The van der Waals surface area contributed by atoms with Crippen molar-refractivity contribution in [3.63, 3.8) is 0 Å². The number of aromatic nitrogens is 1. The molecule has 7 nitrogen and oxygen atoms in total. The van der Waals surface area contributed by atoms with E-state index in [1.807, 2.05) is 24.5 Å². The average Bonchev–Trinajstić information content (AvgIpc) is 3.36. The molecule has 1 atom stereocenters. The fourth-order valence-electron chi connectivity index (χ4n) is 4.29.